The molecule has 3 N–H and O–H groups in total. The Hall–Kier alpha value is -2.83. The number of amides is 1. The summed E-state index contributed by atoms with van der Waals surface area (Å²) in [6.45, 7) is 0. The fourth-order valence-corrected chi connectivity index (χ4v) is 4.35. The molecule has 7 heteroatoms. The van der Waals surface area contributed by atoms with Crippen LogP contribution in [0.5, 0.6) is 0 Å². The summed E-state index contributed by atoms with van der Waals surface area (Å²) in [5.74, 6) is -2.18. The lowest BCUT2D eigenvalue weighted by atomic mass is 9.80. The van der Waals surface area contributed by atoms with Crippen LogP contribution in [0.4, 0.5) is 0 Å². The Labute approximate surface area is 159 Å². The van der Waals surface area contributed by atoms with Gasteiger partial charge in [0.2, 0.25) is 0 Å². The van der Waals surface area contributed by atoms with E-state index in [1.165, 1.54) is 0 Å². The third-order valence-electron chi connectivity index (χ3n) is 5.35. The van der Waals surface area contributed by atoms with Crippen molar-refractivity contribution in [3.63, 3.8) is 0 Å². The molecule has 0 saturated carbocycles. The van der Waals surface area contributed by atoms with Gasteiger partial charge in [-0.2, -0.15) is 0 Å². The number of fused-ring (bicyclic) bond motifs is 6. The number of carboxylic acids is 1. The summed E-state index contributed by atoms with van der Waals surface area (Å²) in [4.78, 5) is 27.7. The van der Waals surface area contributed by atoms with Gasteiger partial charge in [-0.1, -0.05) is 35.9 Å². The first-order chi connectivity index (χ1) is 13.0. The minimum absolute atomic E-state index is 0.354. The number of carbonyl (C=O) groups is 2. The maximum Gasteiger partial charge on any atom is 0.311 e. The van der Waals surface area contributed by atoms with Crippen molar-refractivity contribution in [2.24, 2.45) is 5.92 Å². The highest BCUT2D eigenvalue weighted by molar-refractivity contribution is 6.31. The molecular weight excluding hydrogens is 368 g/mol. The second-order valence-electron chi connectivity index (χ2n) is 6.88. The number of aliphatic carboxylic acids is 1. The number of carboxylic acid groups (broad SMARTS) is 1. The van der Waals surface area contributed by atoms with Gasteiger partial charge in [0.1, 0.15) is 17.7 Å². The summed E-state index contributed by atoms with van der Waals surface area (Å²) >= 11 is 5.99. The van der Waals surface area contributed by atoms with Gasteiger partial charge in [-0.3, -0.25) is 9.59 Å². The Morgan fingerprint density at radius 3 is 2.56 bits per heavy atom. The number of aromatic amines is 1. The number of benzene rings is 2. The van der Waals surface area contributed by atoms with Crippen molar-refractivity contribution < 1.29 is 19.4 Å². The van der Waals surface area contributed by atoms with E-state index in [-0.39, 0.29) is 5.91 Å². The smallest absolute Gasteiger partial charge is 0.311 e. The molecule has 2 aliphatic rings. The lowest BCUT2D eigenvalue weighted by Crippen LogP contribution is -2.46. The number of H-pyrrole nitrogens is 1. The molecule has 2 aliphatic heterocycles. The Balaban J connectivity index is 1.47. The van der Waals surface area contributed by atoms with Crippen molar-refractivity contribution in [2.75, 3.05) is 0 Å². The summed E-state index contributed by atoms with van der Waals surface area (Å²) in [7, 11) is 0. The first-order valence-electron chi connectivity index (χ1n) is 8.59. The lowest BCUT2D eigenvalue weighted by molar-refractivity contribution is -0.144. The third kappa shape index (κ3) is 2.44. The second kappa shape index (κ2) is 5.84. The van der Waals surface area contributed by atoms with Crippen molar-refractivity contribution in [1.29, 1.82) is 0 Å². The van der Waals surface area contributed by atoms with Gasteiger partial charge >= 0.3 is 5.97 Å². The van der Waals surface area contributed by atoms with E-state index in [9.17, 15) is 14.7 Å². The van der Waals surface area contributed by atoms with Gasteiger partial charge in [0, 0.05) is 15.9 Å². The maximum atomic E-state index is 12.8. The molecule has 2 bridgehead atoms. The van der Waals surface area contributed by atoms with Crippen molar-refractivity contribution in [3.05, 3.63) is 70.4 Å². The zero-order chi connectivity index (χ0) is 18.7. The number of halogens is 1. The van der Waals surface area contributed by atoms with Crippen molar-refractivity contribution in [2.45, 2.75) is 18.2 Å². The molecule has 0 aliphatic carbocycles. The average Bonchev–Trinajstić information content (AvgIpc) is 3.32. The summed E-state index contributed by atoms with van der Waals surface area (Å²) in [6, 6.07) is 13.9. The minimum atomic E-state index is -0.981. The SMILES string of the molecule is O=C(NC1C2OC(c3ccccc32)C1C(=O)O)c1cc2cc(Cl)ccc2[nH]1. The van der Waals surface area contributed by atoms with Crippen LogP contribution in [-0.4, -0.2) is 28.0 Å². The monoisotopic (exact) mass is 382 g/mol. The number of hydrogen-bond acceptors (Lipinski definition) is 3. The van der Waals surface area contributed by atoms with Crippen molar-refractivity contribution >= 4 is 34.4 Å². The molecule has 1 saturated heterocycles. The lowest BCUT2D eigenvalue weighted by Gasteiger charge is -2.27. The van der Waals surface area contributed by atoms with Gasteiger partial charge in [-0.15, -0.1) is 0 Å². The maximum absolute atomic E-state index is 12.8. The van der Waals surface area contributed by atoms with Gasteiger partial charge in [0.05, 0.1) is 12.1 Å². The first-order valence-corrected chi connectivity index (χ1v) is 8.97. The molecule has 4 unspecified atom stereocenters. The molecule has 5 rings (SSSR count). The number of nitrogens with one attached hydrogen (secondary N) is 2. The predicted molar refractivity (Wildman–Crippen MR) is 98.7 cm³/mol. The van der Waals surface area contributed by atoms with E-state index < -0.39 is 30.1 Å². The molecule has 0 spiro atoms. The van der Waals surface area contributed by atoms with E-state index in [1.807, 2.05) is 24.3 Å². The van der Waals surface area contributed by atoms with Crippen LogP contribution in [0.3, 0.4) is 0 Å². The predicted octanol–water partition coefficient (Wildman–Crippen LogP) is 3.45. The summed E-state index contributed by atoms with van der Waals surface area (Å²) < 4.78 is 5.92. The normalized spacial score (nSPS) is 25.5. The van der Waals surface area contributed by atoms with Gasteiger partial charge < -0.3 is 20.1 Å². The number of ether oxygens (including phenoxy) is 1. The van der Waals surface area contributed by atoms with E-state index in [0.29, 0.717) is 10.7 Å². The molecular formula is C20H15ClN2O4. The van der Waals surface area contributed by atoms with Crippen LogP contribution < -0.4 is 5.32 Å². The van der Waals surface area contributed by atoms with Gasteiger partial charge in [0.15, 0.2) is 0 Å². The van der Waals surface area contributed by atoms with Crippen molar-refractivity contribution in [3.8, 4) is 0 Å². The number of hydrogen-bond donors (Lipinski definition) is 3. The Bertz CT molecular complexity index is 1090. The van der Waals surface area contributed by atoms with E-state index in [2.05, 4.69) is 10.3 Å². The minimum Gasteiger partial charge on any atom is -0.481 e. The standard InChI is InChI=1S/C20H15ClN2O4/c21-10-5-6-13-9(7-10)8-14(22-13)19(24)23-16-15(20(25)26)17-11-3-1-2-4-12(11)18(16)27-17/h1-8,15-18,22H,(H,23,24)(H,25,26). The molecule has 27 heavy (non-hydrogen) atoms. The van der Waals surface area contributed by atoms with E-state index in [0.717, 1.165) is 22.0 Å². The topological polar surface area (TPSA) is 91.4 Å². The molecule has 6 nitrogen and oxygen atoms in total. The van der Waals surface area contributed by atoms with Crippen molar-refractivity contribution in [1.82, 2.24) is 10.3 Å². The Morgan fingerprint density at radius 2 is 1.81 bits per heavy atom. The van der Waals surface area contributed by atoms with Crippen LogP contribution >= 0.6 is 11.6 Å². The summed E-state index contributed by atoms with van der Waals surface area (Å²) in [6.07, 6.45) is -1.01. The molecule has 0 radical (unpaired) electrons. The largest absolute Gasteiger partial charge is 0.481 e. The highest BCUT2D eigenvalue weighted by atomic mass is 35.5. The van der Waals surface area contributed by atoms with E-state index >= 15 is 0 Å². The molecule has 1 amide bonds. The van der Waals surface area contributed by atoms with Crippen LogP contribution in [0.2, 0.25) is 5.02 Å². The summed E-state index contributed by atoms with van der Waals surface area (Å²) in [5, 5.41) is 14.0. The second-order valence-corrected chi connectivity index (χ2v) is 7.32. The molecule has 4 atom stereocenters. The van der Waals surface area contributed by atoms with Crippen LogP contribution in [0, 0.1) is 5.92 Å². The number of rotatable bonds is 3. The average molecular weight is 383 g/mol. The van der Waals surface area contributed by atoms with Gasteiger partial charge in [-0.25, -0.2) is 0 Å². The van der Waals surface area contributed by atoms with Crippen LogP contribution in [0.15, 0.2) is 48.5 Å². The molecule has 2 aromatic carbocycles. The highest BCUT2D eigenvalue weighted by Gasteiger charge is 2.56. The van der Waals surface area contributed by atoms with Crippen LogP contribution in [0.25, 0.3) is 10.9 Å². The van der Waals surface area contributed by atoms with Gasteiger partial charge in [-0.05, 0) is 35.4 Å². The number of carbonyl (C=O) groups excluding carboxylic acids is 1. The molecule has 1 fully saturated rings. The zero-order valence-electron chi connectivity index (χ0n) is 14.0. The fourth-order valence-electron chi connectivity index (χ4n) is 4.17. The Kier molecular flexibility index (Phi) is 3.54. The molecule has 1 aromatic heterocycles. The first kappa shape index (κ1) is 16.4. The summed E-state index contributed by atoms with van der Waals surface area (Å²) in [5.41, 5.74) is 2.97. The highest BCUT2D eigenvalue weighted by Crippen LogP contribution is 2.53. The quantitative estimate of drug-likeness (QED) is 0.647. The zero-order valence-corrected chi connectivity index (χ0v) is 14.7. The molecule has 3 heterocycles. The molecule has 3 aromatic rings. The van der Waals surface area contributed by atoms with Crippen LogP contribution in [0.1, 0.15) is 33.8 Å². The van der Waals surface area contributed by atoms with Gasteiger partial charge in [0.25, 0.3) is 5.91 Å². The Morgan fingerprint density at radius 1 is 1.07 bits per heavy atom. The third-order valence-corrected chi connectivity index (χ3v) is 5.59. The van der Waals surface area contributed by atoms with E-state index in [4.69, 9.17) is 16.3 Å². The van der Waals surface area contributed by atoms with E-state index in [1.54, 1.807) is 24.3 Å². The van der Waals surface area contributed by atoms with Crippen LogP contribution in [-0.2, 0) is 9.53 Å². The number of aromatic nitrogens is 1. The molecule has 136 valence electrons. The fraction of sp³-hybridized carbons (Fsp3) is 0.200.